The largest absolute Gasteiger partial charge is 0.476 e. The van der Waals surface area contributed by atoms with E-state index in [4.69, 9.17) is 5.11 Å². The van der Waals surface area contributed by atoms with E-state index in [9.17, 15) is 9.18 Å². The highest BCUT2D eigenvalue weighted by atomic mass is 79.9. The fourth-order valence-corrected chi connectivity index (χ4v) is 2.73. The minimum atomic E-state index is -1.12. The third-order valence-corrected chi connectivity index (χ3v) is 3.45. The predicted molar refractivity (Wildman–Crippen MR) is 72.3 cm³/mol. The van der Waals surface area contributed by atoms with Crippen molar-refractivity contribution in [3.8, 4) is 5.69 Å². The Balaban J connectivity index is 2.69. The first-order valence-corrected chi connectivity index (χ1v) is 6.48. The van der Waals surface area contributed by atoms with Gasteiger partial charge in [0.25, 0.3) is 0 Å². The maximum atomic E-state index is 13.3. The summed E-state index contributed by atoms with van der Waals surface area (Å²) < 4.78 is 15.2. The number of hydrogen-bond donors (Lipinski definition) is 1. The number of hydrogen-bond acceptors (Lipinski definition) is 2. The smallest absolute Gasteiger partial charge is 0.357 e. The van der Waals surface area contributed by atoms with E-state index in [1.807, 2.05) is 13.8 Å². The van der Waals surface area contributed by atoms with Crippen LogP contribution in [0.15, 0.2) is 28.7 Å². The molecule has 2 rings (SSSR count). The van der Waals surface area contributed by atoms with E-state index in [1.165, 1.54) is 16.8 Å². The normalized spacial score (nSPS) is 11.0. The molecule has 0 saturated heterocycles. The van der Waals surface area contributed by atoms with Crippen LogP contribution in [-0.4, -0.2) is 20.9 Å². The first kappa shape index (κ1) is 13.7. The third kappa shape index (κ3) is 2.53. The van der Waals surface area contributed by atoms with E-state index in [1.54, 1.807) is 12.1 Å². The van der Waals surface area contributed by atoms with E-state index >= 15 is 0 Å². The number of carboxylic acids is 1. The molecule has 0 radical (unpaired) electrons. The Morgan fingerprint density at radius 3 is 2.68 bits per heavy atom. The summed E-state index contributed by atoms with van der Waals surface area (Å²) in [7, 11) is 0. The van der Waals surface area contributed by atoms with Gasteiger partial charge >= 0.3 is 5.97 Å². The molecule has 0 aliphatic rings. The maximum absolute atomic E-state index is 13.3. The fraction of sp³-hybridized carbons (Fsp3) is 0.231. The zero-order valence-electron chi connectivity index (χ0n) is 10.4. The van der Waals surface area contributed by atoms with E-state index in [0.717, 1.165) is 0 Å². The minimum absolute atomic E-state index is 0.0400. The highest BCUT2D eigenvalue weighted by Gasteiger charge is 2.23. The van der Waals surface area contributed by atoms with Gasteiger partial charge in [0.2, 0.25) is 0 Å². The molecule has 1 N–H and O–H groups in total. The average molecular weight is 327 g/mol. The Bertz CT molecular complexity index is 638. The van der Waals surface area contributed by atoms with Crippen LogP contribution >= 0.6 is 15.9 Å². The molecule has 0 atom stereocenters. The number of carboxylic acid groups (broad SMARTS) is 1. The number of carbonyl (C=O) groups is 1. The zero-order chi connectivity index (χ0) is 14.2. The van der Waals surface area contributed by atoms with E-state index in [0.29, 0.717) is 15.9 Å². The number of nitrogens with zero attached hydrogens (tertiary/aromatic N) is 2. The average Bonchev–Trinajstić information content (AvgIpc) is 2.67. The lowest BCUT2D eigenvalue weighted by Crippen LogP contribution is -2.05. The minimum Gasteiger partial charge on any atom is -0.476 e. The first-order chi connectivity index (χ1) is 8.91. The molecule has 1 aromatic carbocycles. The standard InChI is InChI=1S/C13H12BrFN2O2/c1-7(2)12-10(14)11(13(18)19)16-17(12)9-5-3-4-8(15)6-9/h3-7H,1-2H3,(H,18,19). The molecule has 0 aliphatic carbocycles. The summed E-state index contributed by atoms with van der Waals surface area (Å²) in [4.78, 5) is 11.1. The molecule has 0 unspecified atom stereocenters. The Morgan fingerprint density at radius 2 is 2.16 bits per heavy atom. The summed E-state index contributed by atoms with van der Waals surface area (Å²) in [6.45, 7) is 3.84. The van der Waals surface area contributed by atoms with Gasteiger partial charge in [-0.15, -0.1) is 0 Å². The van der Waals surface area contributed by atoms with Gasteiger partial charge in [0.05, 0.1) is 15.9 Å². The lowest BCUT2D eigenvalue weighted by atomic mass is 10.1. The molecule has 19 heavy (non-hydrogen) atoms. The molecule has 0 amide bonds. The molecule has 100 valence electrons. The van der Waals surface area contributed by atoms with E-state index in [2.05, 4.69) is 21.0 Å². The molecule has 2 aromatic rings. The fourth-order valence-electron chi connectivity index (χ4n) is 1.85. The van der Waals surface area contributed by atoms with Crippen LogP contribution in [0.2, 0.25) is 0 Å². The maximum Gasteiger partial charge on any atom is 0.357 e. The van der Waals surface area contributed by atoms with Gasteiger partial charge in [0.1, 0.15) is 5.82 Å². The number of benzene rings is 1. The molecule has 0 fully saturated rings. The van der Waals surface area contributed by atoms with Crippen molar-refractivity contribution in [1.82, 2.24) is 9.78 Å². The summed E-state index contributed by atoms with van der Waals surface area (Å²) in [6.07, 6.45) is 0. The van der Waals surface area contributed by atoms with Crippen molar-refractivity contribution >= 4 is 21.9 Å². The highest BCUT2D eigenvalue weighted by Crippen LogP contribution is 2.30. The molecular weight excluding hydrogens is 315 g/mol. The zero-order valence-corrected chi connectivity index (χ0v) is 12.0. The van der Waals surface area contributed by atoms with Crippen LogP contribution in [0.25, 0.3) is 5.69 Å². The molecule has 1 aromatic heterocycles. The van der Waals surface area contributed by atoms with Gasteiger partial charge in [0, 0.05) is 0 Å². The molecule has 6 heteroatoms. The van der Waals surface area contributed by atoms with Crippen molar-refractivity contribution in [3.63, 3.8) is 0 Å². The lowest BCUT2D eigenvalue weighted by molar-refractivity contribution is 0.0689. The van der Waals surface area contributed by atoms with Crippen molar-refractivity contribution < 1.29 is 14.3 Å². The van der Waals surface area contributed by atoms with Gasteiger partial charge in [-0.2, -0.15) is 5.10 Å². The second-order valence-electron chi connectivity index (χ2n) is 4.40. The number of aromatic carboxylic acids is 1. The van der Waals surface area contributed by atoms with Gasteiger partial charge in [-0.3, -0.25) is 0 Å². The molecule has 0 aliphatic heterocycles. The van der Waals surface area contributed by atoms with Gasteiger partial charge in [-0.25, -0.2) is 13.9 Å². The summed E-state index contributed by atoms with van der Waals surface area (Å²) in [5, 5.41) is 13.2. The van der Waals surface area contributed by atoms with Crippen LogP contribution in [-0.2, 0) is 0 Å². The SMILES string of the molecule is CC(C)c1c(Br)c(C(=O)O)nn1-c1cccc(F)c1. The van der Waals surface area contributed by atoms with E-state index in [-0.39, 0.29) is 11.6 Å². The summed E-state index contributed by atoms with van der Waals surface area (Å²) in [5.41, 5.74) is 1.12. The molecule has 1 heterocycles. The van der Waals surface area contributed by atoms with Crippen molar-refractivity contribution in [2.45, 2.75) is 19.8 Å². The van der Waals surface area contributed by atoms with Crippen LogP contribution in [0, 0.1) is 5.82 Å². The van der Waals surface area contributed by atoms with Crippen LogP contribution in [0.1, 0.15) is 35.9 Å². The predicted octanol–water partition coefficient (Wildman–Crippen LogP) is 3.60. The first-order valence-electron chi connectivity index (χ1n) is 5.69. The molecule has 0 spiro atoms. The summed E-state index contributed by atoms with van der Waals surface area (Å²) in [5.74, 6) is -1.47. The van der Waals surface area contributed by atoms with Crippen LogP contribution < -0.4 is 0 Å². The van der Waals surface area contributed by atoms with Gasteiger partial charge in [-0.1, -0.05) is 19.9 Å². The Morgan fingerprint density at radius 1 is 1.47 bits per heavy atom. The number of aromatic nitrogens is 2. The second kappa shape index (κ2) is 5.13. The topological polar surface area (TPSA) is 55.1 Å². The summed E-state index contributed by atoms with van der Waals surface area (Å²) >= 11 is 3.26. The van der Waals surface area contributed by atoms with Crippen molar-refractivity contribution in [3.05, 3.63) is 45.9 Å². The van der Waals surface area contributed by atoms with Crippen LogP contribution in [0.3, 0.4) is 0 Å². The highest BCUT2D eigenvalue weighted by molar-refractivity contribution is 9.10. The summed E-state index contributed by atoms with van der Waals surface area (Å²) in [6, 6.07) is 5.89. The monoisotopic (exact) mass is 326 g/mol. The van der Waals surface area contributed by atoms with Gasteiger partial charge < -0.3 is 5.11 Å². The van der Waals surface area contributed by atoms with Crippen molar-refractivity contribution in [2.75, 3.05) is 0 Å². The van der Waals surface area contributed by atoms with Gasteiger partial charge in [-0.05, 0) is 40.0 Å². The Hall–Kier alpha value is -1.69. The van der Waals surface area contributed by atoms with Crippen LogP contribution in [0.5, 0.6) is 0 Å². The lowest BCUT2D eigenvalue weighted by Gasteiger charge is -2.10. The quantitative estimate of drug-likeness (QED) is 0.937. The second-order valence-corrected chi connectivity index (χ2v) is 5.19. The number of rotatable bonds is 3. The van der Waals surface area contributed by atoms with Crippen molar-refractivity contribution in [2.24, 2.45) is 0 Å². The molecule has 0 bridgehead atoms. The van der Waals surface area contributed by atoms with Crippen LogP contribution in [0.4, 0.5) is 4.39 Å². The van der Waals surface area contributed by atoms with Crippen molar-refractivity contribution in [1.29, 1.82) is 0 Å². The molecule has 0 saturated carbocycles. The molecule has 4 nitrogen and oxygen atoms in total. The Labute approximate surface area is 118 Å². The molecular formula is C13H12BrFN2O2. The number of halogens is 2. The Kier molecular flexibility index (Phi) is 3.71. The van der Waals surface area contributed by atoms with E-state index < -0.39 is 11.8 Å². The van der Waals surface area contributed by atoms with Gasteiger partial charge in [0.15, 0.2) is 5.69 Å². The third-order valence-electron chi connectivity index (χ3n) is 2.66.